The Labute approximate surface area is 266 Å². The van der Waals surface area contributed by atoms with Crippen molar-refractivity contribution in [2.45, 2.75) is 50.6 Å². The van der Waals surface area contributed by atoms with E-state index in [1.807, 2.05) is 12.1 Å². The lowest BCUT2D eigenvalue weighted by atomic mass is 9.62. The Morgan fingerprint density at radius 1 is 1.16 bits per heavy atom. The molecule has 3 aromatic carbocycles. The predicted octanol–water partition coefficient (Wildman–Crippen LogP) is 6.16. The average molecular weight is 645 g/mol. The molecule has 2 saturated heterocycles. The zero-order chi connectivity index (χ0) is 31.6. The van der Waals surface area contributed by atoms with Crippen LogP contribution in [0.4, 0.5) is 15.8 Å². The lowest BCUT2D eigenvalue weighted by Gasteiger charge is -2.41. The molecule has 44 heavy (non-hydrogen) atoms. The first-order valence-corrected chi connectivity index (χ1v) is 15.4. The smallest absolute Gasteiger partial charge is 0.237 e. The van der Waals surface area contributed by atoms with Gasteiger partial charge in [-0.15, -0.1) is 0 Å². The van der Waals surface area contributed by atoms with Crippen molar-refractivity contribution in [3.05, 3.63) is 75.5 Å². The molecule has 0 bridgehead atoms. The minimum atomic E-state index is -1.33. The molecule has 3 aliphatic rings. The molecular formula is C33H36Cl2FN3O5. The van der Waals surface area contributed by atoms with Crippen LogP contribution < -0.4 is 19.7 Å². The van der Waals surface area contributed by atoms with E-state index in [0.29, 0.717) is 53.0 Å². The van der Waals surface area contributed by atoms with E-state index in [2.05, 4.69) is 35.9 Å². The van der Waals surface area contributed by atoms with E-state index in [9.17, 15) is 15.0 Å². The predicted molar refractivity (Wildman–Crippen MR) is 169 cm³/mol. The van der Waals surface area contributed by atoms with Gasteiger partial charge < -0.3 is 29.9 Å². The van der Waals surface area contributed by atoms with Gasteiger partial charge in [0.05, 0.1) is 36.8 Å². The highest BCUT2D eigenvalue weighted by molar-refractivity contribution is 6.31. The topological polar surface area (TPSA) is 94.5 Å². The molecule has 8 nitrogen and oxygen atoms in total. The second-order valence-corrected chi connectivity index (χ2v) is 13.8. The number of amides is 1. The summed E-state index contributed by atoms with van der Waals surface area (Å²) in [4.78, 5) is 18.9. The molecule has 1 spiro atoms. The number of phenolic OH excluding ortho intramolecular Hbond substituents is 1. The van der Waals surface area contributed by atoms with Crippen LogP contribution in [0.15, 0.2) is 48.5 Å². The lowest BCUT2D eigenvalue weighted by molar-refractivity contribution is -0.122. The summed E-state index contributed by atoms with van der Waals surface area (Å²) in [5, 5.41) is 23.9. The van der Waals surface area contributed by atoms with Crippen LogP contribution >= 0.6 is 23.2 Å². The van der Waals surface area contributed by atoms with Crippen LogP contribution in [0.2, 0.25) is 10.0 Å². The van der Waals surface area contributed by atoms with Crippen LogP contribution in [0.3, 0.4) is 0 Å². The fourth-order valence-electron chi connectivity index (χ4n) is 7.59. The molecule has 0 aromatic heterocycles. The van der Waals surface area contributed by atoms with E-state index >= 15 is 4.39 Å². The maximum absolute atomic E-state index is 16.1. The summed E-state index contributed by atoms with van der Waals surface area (Å²) in [6, 6.07) is 12.7. The molecule has 2 fully saturated rings. The summed E-state index contributed by atoms with van der Waals surface area (Å²) in [7, 11) is 1.58. The number of carbonyl (C=O) groups is 1. The number of hydrogen-bond donors (Lipinski definition) is 3. The number of benzene rings is 3. The fourth-order valence-corrected chi connectivity index (χ4v) is 7.98. The third-order valence-electron chi connectivity index (χ3n) is 9.06. The van der Waals surface area contributed by atoms with Gasteiger partial charge in [-0.1, -0.05) is 56.1 Å². The van der Waals surface area contributed by atoms with Gasteiger partial charge in [0, 0.05) is 41.2 Å². The Morgan fingerprint density at radius 2 is 1.93 bits per heavy atom. The van der Waals surface area contributed by atoms with Crippen molar-refractivity contribution in [3.8, 4) is 17.2 Å². The van der Waals surface area contributed by atoms with Crippen LogP contribution in [0, 0.1) is 11.2 Å². The normalized spacial score (nSPS) is 24.5. The molecule has 0 radical (unpaired) electrons. The van der Waals surface area contributed by atoms with Crippen molar-refractivity contribution in [2.75, 3.05) is 43.8 Å². The third-order valence-corrected chi connectivity index (χ3v) is 9.57. The van der Waals surface area contributed by atoms with Crippen LogP contribution in [0.5, 0.6) is 17.2 Å². The highest BCUT2D eigenvalue weighted by Crippen LogP contribution is 2.63. The second kappa shape index (κ2) is 11.3. The van der Waals surface area contributed by atoms with Gasteiger partial charge in [0.1, 0.15) is 35.1 Å². The van der Waals surface area contributed by atoms with Gasteiger partial charge in [-0.2, -0.15) is 0 Å². The molecule has 0 aliphatic carbocycles. The molecular weight excluding hydrogens is 608 g/mol. The number of rotatable bonds is 7. The van der Waals surface area contributed by atoms with E-state index in [4.69, 9.17) is 32.7 Å². The molecule has 3 heterocycles. The molecule has 3 N–H and O–H groups in total. The number of nitrogens with zero attached hydrogens (tertiary/aromatic N) is 2. The number of ether oxygens (including phenoxy) is 2. The molecule has 11 heteroatoms. The summed E-state index contributed by atoms with van der Waals surface area (Å²) in [5.74, 6) is -0.527. The summed E-state index contributed by atoms with van der Waals surface area (Å²) in [6.45, 7) is 7.26. The number of halogens is 3. The highest BCUT2D eigenvalue weighted by Gasteiger charge is 2.70. The van der Waals surface area contributed by atoms with E-state index in [-0.39, 0.29) is 41.3 Å². The zero-order valence-corrected chi connectivity index (χ0v) is 26.5. The number of nitrogens with one attached hydrogen (secondary N) is 1. The zero-order valence-electron chi connectivity index (χ0n) is 25.0. The number of aliphatic hydroxyl groups excluding tert-OH is 1. The number of methoxy groups -OCH3 is 1. The number of phenols is 1. The summed E-state index contributed by atoms with van der Waals surface area (Å²) < 4.78 is 27.5. The SMILES string of the molecule is COc1cc(OCCO)ccc1N1C[C@H]2[C@H](c3cccc(Cl)c3F)[C@]3(C(=O)Nc4cc(Cl)cc(O)c43)[C@H](CC(C)(C)C)N2C1. The summed E-state index contributed by atoms with van der Waals surface area (Å²) in [6.07, 6.45) is 0.579. The maximum Gasteiger partial charge on any atom is 0.237 e. The van der Waals surface area contributed by atoms with Crippen LogP contribution in [-0.2, 0) is 10.2 Å². The van der Waals surface area contributed by atoms with Crippen molar-refractivity contribution >= 4 is 40.5 Å². The molecule has 6 rings (SSSR count). The number of hydrogen-bond acceptors (Lipinski definition) is 7. The first-order chi connectivity index (χ1) is 20.9. The Kier molecular flexibility index (Phi) is 7.89. The van der Waals surface area contributed by atoms with Crippen molar-refractivity contribution in [2.24, 2.45) is 5.41 Å². The molecule has 0 saturated carbocycles. The highest BCUT2D eigenvalue weighted by atomic mass is 35.5. The maximum atomic E-state index is 16.1. The minimum absolute atomic E-state index is 0.0302. The number of anilines is 2. The van der Waals surface area contributed by atoms with E-state index < -0.39 is 23.2 Å². The van der Waals surface area contributed by atoms with Gasteiger partial charge in [-0.05, 0) is 47.7 Å². The molecule has 4 atom stereocenters. The van der Waals surface area contributed by atoms with Crippen LogP contribution in [0.1, 0.15) is 44.2 Å². The summed E-state index contributed by atoms with van der Waals surface area (Å²) >= 11 is 12.7. The molecule has 234 valence electrons. The van der Waals surface area contributed by atoms with Gasteiger partial charge in [-0.25, -0.2) is 4.39 Å². The van der Waals surface area contributed by atoms with Crippen molar-refractivity contribution in [1.29, 1.82) is 0 Å². The Bertz CT molecular complexity index is 1610. The Morgan fingerprint density at radius 3 is 2.64 bits per heavy atom. The summed E-state index contributed by atoms with van der Waals surface area (Å²) in [5.41, 5.74) is 0.456. The van der Waals surface area contributed by atoms with Gasteiger partial charge >= 0.3 is 0 Å². The van der Waals surface area contributed by atoms with E-state index in [1.54, 1.807) is 31.4 Å². The second-order valence-electron chi connectivity index (χ2n) is 12.9. The first-order valence-electron chi connectivity index (χ1n) is 14.6. The van der Waals surface area contributed by atoms with E-state index in [1.165, 1.54) is 12.1 Å². The third kappa shape index (κ3) is 4.85. The van der Waals surface area contributed by atoms with Gasteiger partial charge in [0.25, 0.3) is 0 Å². The molecule has 0 unspecified atom stereocenters. The van der Waals surface area contributed by atoms with Crippen LogP contribution in [-0.4, -0.2) is 66.6 Å². The quantitative estimate of drug-likeness (QED) is 0.284. The van der Waals surface area contributed by atoms with Crippen molar-refractivity contribution in [1.82, 2.24) is 4.90 Å². The van der Waals surface area contributed by atoms with Crippen LogP contribution in [0.25, 0.3) is 0 Å². The first kappa shape index (κ1) is 30.8. The van der Waals surface area contributed by atoms with Gasteiger partial charge in [-0.3, -0.25) is 9.69 Å². The van der Waals surface area contributed by atoms with E-state index in [0.717, 1.165) is 5.69 Å². The number of aromatic hydroxyl groups is 1. The lowest BCUT2D eigenvalue weighted by Crippen LogP contribution is -2.52. The Balaban J connectivity index is 1.54. The number of carbonyl (C=O) groups excluding carboxylic acids is 1. The standard InChI is InChI=1S/C33H36Cl2FN3O5/c1-32(2,3)15-27-33(29-22(37-31(33)42)12-18(34)13-25(29)41)28(20-6-5-7-21(35)30(20)36)24-16-38(17-39(24)27)23-9-8-19(44-11-10-40)14-26(23)43-4/h5-9,12-14,24,27-28,40-41H,10-11,15-17H2,1-4H3,(H,37,42)/t24-,27-,28-,33+/m0/s1. The number of aliphatic hydroxyl groups is 1. The molecule has 3 aromatic rings. The largest absolute Gasteiger partial charge is 0.507 e. The van der Waals surface area contributed by atoms with Gasteiger partial charge in [0.2, 0.25) is 5.91 Å². The number of fused-ring (bicyclic) bond motifs is 3. The minimum Gasteiger partial charge on any atom is -0.507 e. The van der Waals surface area contributed by atoms with Gasteiger partial charge in [0.15, 0.2) is 0 Å². The monoisotopic (exact) mass is 643 g/mol. The fraction of sp³-hybridized carbons (Fsp3) is 0.424. The molecule has 3 aliphatic heterocycles. The van der Waals surface area contributed by atoms with Crippen molar-refractivity contribution < 1.29 is 28.9 Å². The molecule has 1 amide bonds. The Hall–Kier alpha value is -3.24. The average Bonchev–Trinajstić information content (AvgIpc) is 3.58. The van der Waals surface area contributed by atoms with Crippen molar-refractivity contribution in [3.63, 3.8) is 0 Å².